The monoisotopic (exact) mass is 516 g/mol. The van der Waals surface area contributed by atoms with E-state index in [2.05, 4.69) is 10.3 Å². The van der Waals surface area contributed by atoms with Gasteiger partial charge in [-0.25, -0.2) is 27.1 Å². The average Bonchev–Trinajstić information content (AvgIpc) is 2.98. The van der Waals surface area contributed by atoms with Crippen molar-refractivity contribution in [3.05, 3.63) is 71.7 Å². The normalized spacial score (nSPS) is 17.2. The number of carbonyl (C=O) groups is 1. The molecule has 0 radical (unpaired) electrons. The summed E-state index contributed by atoms with van der Waals surface area (Å²) in [6.07, 6.45) is 2.49. The van der Waals surface area contributed by atoms with Crippen LogP contribution in [0.4, 0.5) is 24.7 Å². The minimum absolute atomic E-state index is 0.0330. The van der Waals surface area contributed by atoms with Gasteiger partial charge in [0.2, 0.25) is 5.92 Å². The zero-order chi connectivity index (χ0) is 26.1. The number of hydrogen-bond donors (Lipinski definition) is 2. The summed E-state index contributed by atoms with van der Waals surface area (Å²) in [7, 11) is -3.00. The molecule has 1 aromatic heterocycles. The van der Waals surface area contributed by atoms with Crippen LogP contribution in [0.25, 0.3) is 11.1 Å². The number of amides is 1. The van der Waals surface area contributed by atoms with Gasteiger partial charge in [0.25, 0.3) is 5.91 Å². The van der Waals surface area contributed by atoms with Crippen LogP contribution in [0.15, 0.2) is 59.6 Å². The third-order valence-corrected chi connectivity index (χ3v) is 7.39. The number of nitrogens with zero attached hydrogens (tertiary/aromatic N) is 2. The molecule has 0 bridgehead atoms. The number of aromatic nitrogens is 1. The summed E-state index contributed by atoms with van der Waals surface area (Å²) in [5.41, 5.74) is 2.12. The van der Waals surface area contributed by atoms with E-state index in [1.807, 2.05) is 0 Å². The van der Waals surface area contributed by atoms with E-state index in [0.717, 1.165) is 0 Å². The Morgan fingerprint density at radius 2 is 1.89 bits per heavy atom. The number of halogens is 3. The van der Waals surface area contributed by atoms with Crippen molar-refractivity contribution in [2.24, 2.45) is 0 Å². The third kappa shape index (κ3) is 5.70. The van der Waals surface area contributed by atoms with Gasteiger partial charge in [0, 0.05) is 54.5 Å². The molecule has 3 aromatic rings. The number of benzene rings is 2. The molecular weight excluding hydrogens is 489 g/mol. The Morgan fingerprint density at radius 1 is 1.14 bits per heavy atom. The van der Waals surface area contributed by atoms with Gasteiger partial charge in [0.05, 0.1) is 15.3 Å². The molecule has 0 spiro atoms. The van der Waals surface area contributed by atoms with E-state index in [9.17, 15) is 22.2 Å². The molecule has 0 saturated carbocycles. The van der Waals surface area contributed by atoms with E-state index >= 15 is 0 Å². The molecule has 1 unspecified atom stereocenters. The second kappa shape index (κ2) is 9.93. The number of carbonyl (C=O) groups excluding carboxylic acids is 1. The molecule has 6 nitrogen and oxygen atoms in total. The van der Waals surface area contributed by atoms with Crippen LogP contribution in [0.1, 0.15) is 35.2 Å². The molecule has 4 rings (SSSR count). The zero-order valence-electron chi connectivity index (χ0n) is 20.0. The topological polar surface area (TPSA) is 86.2 Å². The molecule has 1 aliphatic rings. The first-order chi connectivity index (χ1) is 16.9. The van der Waals surface area contributed by atoms with Gasteiger partial charge in [-0.3, -0.25) is 4.79 Å². The summed E-state index contributed by atoms with van der Waals surface area (Å²) in [6.45, 7) is 2.06. The highest BCUT2D eigenvalue weighted by molar-refractivity contribution is 7.91. The van der Waals surface area contributed by atoms with Gasteiger partial charge in [-0.2, -0.15) is 0 Å². The minimum Gasteiger partial charge on any atom is -0.356 e. The van der Waals surface area contributed by atoms with Crippen molar-refractivity contribution in [1.82, 2.24) is 4.98 Å². The van der Waals surface area contributed by atoms with E-state index in [1.54, 1.807) is 42.2 Å². The highest BCUT2D eigenvalue weighted by Crippen LogP contribution is 2.35. The Kier molecular flexibility index (Phi) is 7.08. The Balaban J connectivity index is 1.79. The van der Waals surface area contributed by atoms with Crippen molar-refractivity contribution in [2.75, 3.05) is 29.6 Å². The van der Waals surface area contributed by atoms with Crippen molar-refractivity contribution in [1.29, 1.82) is 4.78 Å². The van der Waals surface area contributed by atoms with Gasteiger partial charge >= 0.3 is 0 Å². The van der Waals surface area contributed by atoms with Gasteiger partial charge < -0.3 is 10.2 Å². The maximum Gasteiger partial charge on any atom is 0.259 e. The molecule has 1 atom stereocenters. The van der Waals surface area contributed by atoms with Crippen molar-refractivity contribution < 1.29 is 22.2 Å². The largest absolute Gasteiger partial charge is 0.356 e. The molecule has 1 aliphatic heterocycles. The first-order valence-electron chi connectivity index (χ1n) is 11.5. The van der Waals surface area contributed by atoms with Crippen LogP contribution in [0, 0.1) is 17.5 Å². The lowest BCUT2D eigenvalue weighted by Gasteiger charge is -2.26. The fourth-order valence-electron chi connectivity index (χ4n) is 4.33. The van der Waals surface area contributed by atoms with Crippen LogP contribution in [0.3, 0.4) is 0 Å². The second-order valence-electron chi connectivity index (χ2n) is 9.03. The molecule has 1 fully saturated rings. The maximum atomic E-state index is 14.0. The number of anilines is 2. The smallest absolute Gasteiger partial charge is 0.259 e. The highest BCUT2D eigenvalue weighted by atomic mass is 32.2. The predicted molar refractivity (Wildman–Crippen MR) is 135 cm³/mol. The van der Waals surface area contributed by atoms with Crippen LogP contribution in [0.5, 0.6) is 0 Å². The fourth-order valence-corrected chi connectivity index (χ4v) is 5.02. The number of nitrogens with one attached hydrogen (secondary N) is 2. The van der Waals surface area contributed by atoms with Gasteiger partial charge in [-0.1, -0.05) is 18.2 Å². The van der Waals surface area contributed by atoms with Crippen molar-refractivity contribution in [3.8, 4) is 11.1 Å². The van der Waals surface area contributed by atoms with E-state index in [1.165, 1.54) is 30.7 Å². The molecule has 2 aromatic carbocycles. The summed E-state index contributed by atoms with van der Waals surface area (Å²) in [5.74, 6) is -3.47. The first kappa shape index (κ1) is 25.7. The SMILES string of the molecule is Cc1c(-c2cccc(F)c2)cnc(N2CCCC(F)(F)CC2)c1C(=O)Nc1cccc(S(C)(=N)=O)c1. The number of pyridine rings is 1. The Bertz CT molecular complexity index is 1410. The van der Waals surface area contributed by atoms with Gasteiger partial charge in [0.1, 0.15) is 11.6 Å². The number of alkyl halides is 2. The lowest BCUT2D eigenvalue weighted by molar-refractivity contribution is -0.0102. The Morgan fingerprint density at radius 3 is 2.61 bits per heavy atom. The molecule has 2 N–H and O–H groups in total. The standard InChI is InChI=1S/C26H27F3N4O2S/c1-17-22(18-6-3-7-19(27)14-18)16-31-24(33-12-5-10-26(28,29)11-13-33)23(17)25(34)32-20-8-4-9-21(15-20)36(2,30)35/h3-4,6-9,14-16,30H,5,10-13H2,1-2H3,(H,32,34). The zero-order valence-corrected chi connectivity index (χ0v) is 20.8. The molecular formula is C26H27F3N4O2S. The van der Waals surface area contributed by atoms with Crippen LogP contribution >= 0.6 is 0 Å². The fraction of sp³-hybridized carbons (Fsp3) is 0.308. The van der Waals surface area contributed by atoms with Crippen molar-refractivity contribution >= 4 is 27.1 Å². The van der Waals surface area contributed by atoms with Crippen molar-refractivity contribution in [2.45, 2.75) is 37.0 Å². The number of rotatable bonds is 5. The molecule has 10 heteroatoms. The predicted octanol–water partition coefficient (Wildman–Crippen LogP) is 6.11. The average molecular weight is 517 g/mol. The van der Waals surface area contributed by atoms with Gasteiger partial charge in [0.15, 0.2) is 0 Å². The third-order valence-electron chi connectivity index (χ3n) is 6.24. The molecule has 1 saturated heterocycles. The van der Waals surface area contributed by atoms with Crippen LogP contribution in [0.2, 0.25) is 0 Å². The molecule has 0 aliphatic carbocycles. The molecule has 36 heavy (non-hydrogen) atoms. The summed E-state index contributed by atoms with van der Waals surface area (Å²) in [5, 5.41) is 2.78. The Labute approximate surface area is 208 Å². The van der Waals surface area contributed by atoms with Crippen LogP contribution < -0.4 is 10.2 Å². The summed E-state index contributed by atoms with van der Waals surface area (Å²) in [6, 6.07) is 12.1. The molecule has 190 valence electrons. The number of hydrogen-bond acceptors (Lipinski definition) is 5. The summed E-state index contributed by atoms with van der Waals surface area (Å²) < 4.78 is 62.0. The minimum atomic E-state index is -3.00. The molecule has 1 amide bonds. The van der Waals surface area contributed by atoms with Crippen molar-refractivity contribution in [3.63, 3.8) is 0 Å². The maximum absolute atomic E-state index is 14.0. The van der Waals surface area contributed by atoms with Crippen LogP contribution in [-0.4, -0.2) is 40.4 Å². The van der Waals surface area contributed by atoms with E-state index in [0.29, 0.717) is 28.9 Å². The van der Waals surface area contributed by atoms with Gasteiger partial charge in [-0.05, 0) is 54.8 Å². The summed E-state index contributed by atoms with van der Waals surface area (Å²) in [4.78, 5) is 20.1. The second-order valence-corrected chi connectivity index (χ2v) is 11.2. The summed E-state index contributed by atoms with van der Waals surface area (Å²) >= 11 is 0. The van der Waals surface area contributed by atoms with E-state index < -0.39 is 27.4 Å². The highest BCUT2D eigenvalue weighted by Gasteiger charge is 2.33. The lowest BCUT2D eigenvalue weighted by atomic mass is 9.97. The van der Waals surface area contributed by atoms with E-state index in [4.69, 9.17) is 4.78 Å². The lowest BCUT2D eigenvalue weighted by Crippen LogP contribution is -2.30. The molecule has 2 heterocycles. The van der Waals surface area contributed by atoms with Crippen LogP contribution in [-0.2, 0) is 9.73 Å². The van der Waals surface area contributed by atoms with E-state index in [-0.39, 0.29) is 42.1 Å². The quantitative estimate of drug-likeness (QED) is 0.429. The first-order valence-corrected chi connectivity index (χ1v) is 13.4. The van der Waals surface area contributed by atoms with Gasteiger partial charge in [-0.15, -0.1) is 0 Å². The Hall–Kier alpha value is -3.40.